The van der Waals surface area contributed by atoms with E-state index in [2.05, 4.69) is 24.6 Å². The van der Waals surface area contributed by atoms with Crippen molar-refractivity contribution in [2.45, 2.75) is 59.0 Å². The van der Waals surface area contributed by atoms with Gasteiger partial charge in [0.1, 0.15) is 13.1 Å². The fourth-order valence-electron chi connectivity index (χ4n) is 2.88. The first-order chi connectivity index (χ1) is 15.7. The molecule has 0 radical (unpaired) electrons. The van der Waals surface area contributed by atoms with E-state index in [-0.39, 0.29) is 18.7 Å². The van der Waals surface area contributed by atoms with Gasteiger partial charge < -0.3 is 14.6 Å². The minimum Gasteiger partial charge on any atom is -0.481 e. The molecule has 3 rings (SSSR count). The van der Waals surface area contributed by atoms with Crippen molar-refractivity contribution in [3.05, 3.63) is 76.3 Å². The molecule has 178 valence electrons. The van der Waals surface area contributed by atoms with Crippen LogP contribution in [0.4, 0.5) is 0 Å². The first-order valence-corrected chi connectivity index (χ1v) is 14.8. The minimum atomic E-state index is -1.15. The molecule has 7 nitrogen and oxygen atoms in total. The van der Waals surface area contributed by atoms with E-state index >= 15 is 0 Å². The second kappa shape index (κ2) is 13.0. The van der Waals surface area contributed by atoms with Crippen LogP contribution in [0.15, 0.2) is 59.7 Å². The van der Waals surface area contributed by atoms with E-state index in [1.54, 1.807) is 13.3 Å². The average Bonchev–Trinajstić information content (AvgIpc) is 2.78. The van der Waals surface area contributed by atoms with E-state index in [9.17, 15) is 9.59 Å². The number of carbonyl (C=O) groups is 1. The zero-order chi connectivity index (χ0) is 24.3. The highest BCUT2D eigenvalue weighted by Gasteiger charge is 2.13. The zero-order valence-electron chi connectivity index (χ0n) is 19.9. The van der Waals surface area contributed by atoms with E-state index in [1.807, 2.05) is 48.5 Å². The number of aromatic nitrogens is 2. The summed E-state index contributed by atoms with van der Waals surface area (Å²) >= 11 is 0. The molecule has 0 aliphatic heterocycles. The summed E-state index contributed by atoms with van der Waals surface area (Å²) in [6, 6.07) is 16.8. The Labute approximate surface area is 196 Å². The Hall–Kier alpha value is -2.81. The number of carboxylic acids is 1. The Kier molecular flexibility index (Phi) is 10.4. The molecule has 0 aliphatic rings. The Bertz CT molecular complexity index is 1080. The second-order valence-corrected chi connectivity index (χ2v) is 14.5. The number of nitrogens with zero attached hydrogens (tertiary/aromatic N) is 2. The third-order valence-electron chi connectivity index (χ3n) is 4.84. The maximum atomic E-state index is 13.0. The highest BCUT2D eigenvalue weighted by atomic mass is 28.3. The van der Waals surface area contributed by atoms with Crippen LogP contribution in [0.5, 0.6) is 0 Å². The molecule has 0 aliphatic carbocycles. The fourth-order valence-corrected chi connectivity index (χ4v) is 3.63. The van der Waals surface area contributed by atoms with Crippen LogP contribution in [0.1, 0.15) is 24.5 Å². The van der Waals surface area contributed by atoms with Crippen molar-refractivity contribution < 1.29 is 19.4 Å². The summed E-state index contributed by atoms with van der Waals surface area (Å²) in [6.07, 6.45) is 1.79. The normalized spacial score (nSPS) is 11.2. The number of ether oxygens (including phenoxy) is 2. The van der Waals surface area contributed by atoms with Gasteiger partial charge in [-0.1, -0.05) is 69.0 Å². The van der Waals surface area contributed by atoms with Crippen molar-refractivity contribution >= 4 is 24.9 Å². The SMILES string of the molecule is CCC(=O)O.C[Si](C)(C)CCOCn1cnc2cccc(COCc3ccccc3)c2c1=O. The Morgan fingerprint density at radius 3 is 2.36 bits per heavy atom. The van der Waals surface area contributed by atoms with Gasteiger partial charge in [0.15, 0.2) is 0 Å². The second-order valence-electron chi connectivity index (χ2n) is 8.90. The van der Waals surface area contributed by atoms with E-state index in [0.717, 1.165) is 17.2 Å². The van der Waals surface area contributed by atoms with Crippen molar-refractivity contribution in [2.24, 2.45) is 0 Å². The van der Waals surface area contributed by atoms with Crippen LogP contribution in [-0.4, -0.2) is 35.3 Å². The van der Waals surface area contributed by atoms with Gasteiger partial charge >= 0.3 is 5.97 Å². The summed E-state index contributed by atoms with van der Waals surface area (Å²) in [4.78, 5) is 26.8. The summed E-state index contributed by atoms with van der Waals surface area (Å²) in [6.45, 7) is 10.3. The Morgan fingerprint density at radius 2 is 1.73 bits per heavy atom. The number of aliphatic carboxylic acids is 1. The predicted molar refractivity (Wildman–Crippen MR) is 133 cm³/mol. The zero-order valence-corrected chi connectivity index (χ0v) is 20.9. The fraction of sp³-hybridized carbons (Fsp3) is 0.400. The number of benzene rings is 2. The molecular weight excluding hydrogens is 436 g/mol. The average molecular weight is 471 g/mol. The lowest BCUT2D eigenvalue weighted by Gasteiger charge is -2.16. The van der Waals surface area contributed by atoms with Crippen LogP contribution in [0.3, 0.4) is 0 Å². The van der Waals surface area contributed by atoms with Crippen LogP contribution in [0.25, 0.3) is 10.9 Å². The summed E-state index contributed by atoms with van der Waals surface area (Å²) in [5.74, 6) is -0.745. The van der Waals surface area contributed by atoms with Crippen molar-refractivity contribution in [1.82, 2.24) is 9.55 Å². The first kappa shape index (κ1) is 26.4. The topological polar surface area (TPSA) is 90.7 Å². The monoisotopic (exact) mass is 470 g/mol. The number of hydrogen-bond acceptors (Lipinski definition) is 5. The van der Waals surface area contributed by atoms with Crippen molar-refractivity contribution in [2.75, 3.05) is 6.61 Å². The van der Waals surface area contributed by atoms with Gasteiger partial charge in [-0.2, -0.15) is 0 Å². The molecule has 0 spiro atoms. The number of carboxylic acid groups (broad SMARTS) is 1. The van der Waals surface area contributed by atoms with E-state index in [0.29, 0.717) is 30.7 Å². The molecule has 8 heteroatoms. The standard InChI is InChI=1S/C22H28N2O3Si.C3H6O2/c1-28(2,3)13-12-26-17-24-16-23-20-11-7-10-19(21(20)22(24)25)15-27-14-18-8-5-4-6-9-18;1-2-3(4)5/h4-11,16H,12-15,17H2,1-3H3;2H2,1H3,(H,4,5). The van der Waals surface area contributed by atoms with E-state index in [4.69, 9.17) is 14.6 Å². The first-order valence-electron chi connectivity index (χ1n) is 11.1. The van der Waals surface area contributed by atoms with Gasteiger partial charge in [-0.15, -0.1) is 0 Å². The molecule has 0 saturated carbocycles. The molecule has 3 aromatic rings. The predicted octanol–water partition coefficient (Wildman–Crippen LogP) is 4.91. The van der Waals surface area contributed by atoms with Crippen molar-refractivity contribution in [3.63, 3.8) is 0 Å². The van der Waals surface area contributed by atoms with Crippen molar-refractivity contribution in [3.8, 4) is 0 Å². The molecule has 0 amide bonds. The van der Waals surface area contributed by atoms with Gasteiger partial charge in [0.05, 0.1) is 24.1 Å². The van der Waals surface area contributed by atoms with Crippen molar-refractivity contribution in [1.29, 1.82) is 0 Å². The quantitative estimate of drug-likeness (QED) is 0.335. The molecule has 0 unspecified atom stereocenters. The molecule has 0 bridgehead atoms. The minimum absolute atomic E-state index is 0.0862. The lowest BCUT2D eigenvalue weighted by atomic mass is 10.1. The third kappa shape index (κ3) is 9.29. The lowest BCUT2D eigenvalue weighted by Crippen LogP contribution is -2.25. The number of fused-ring (bicyclic) bond motifs is 1. The summed E-state index contributed by atoms with van der Waals surface area (Å²) in [5, 5.41) is 8.33. The molecule has 2 aromatic carbocycles. The number of rotatable bonds is 10. The Morgan fingerprint density at radius 1 is 1.03 bits per heavy atom. The van der Waals surface area contributed by atoms with Gasteiger partial charge in [-0.05, 0) is 23.2 Å². The largest absolute Gasteiger partial charge is 0.481 e. The van der Waals surface area contributed by atoms with Gasteiger partial charge in [0, 0.05) is 21.1 Å². The molecular formula is C25H34N2O5Si. The third-order valence-corrected chi connectivity index (χ3v) is 6.54. The Balaban J connectivity index is 0.000000696. The molecule has 33 heavy (non-hydrogen) atoms. The molecule has 1 heterocycles. The highest BCUT2D eigenvalue weighted by molar-refractivity contribution is 6.76. The van der Waals surface area contributed by atoms with Crippen LogP contribution >= 0.6 is 0 Å². The van der Waals surface area contributed by atoms with Gasteiger partial charge in [0.2, 0.25) is 0 Å². The maximum Gasteiger partial charge on any atom is 0.303 e. The molecule has 0 atom stereocenters. The summed E-state index contributed by atoms with van der Waals surface area (Å²) in [7, 11) is -1.15. The van der Waals surface area contributed by atoms with E-state index < -0.39 is 14.0 Å². The lowest BCUT2D eigenvalue weighted by molar-refractivity contribution is -0.136. The van der Waals surface area contributed by atoms with Gasteiger partial charge in [0.25, 0.3) is 5.56 Å². The molecule has 0 fully saturated rings. The number of hydrogen-bond donors (Lipinski definition) is 1. The maximum absolute atomic E-state index is 13.0. The van der Waals surface area contributed by atoms with Crippen LogP contribution in [-0.2, 0) is 34.2 Å². The van der Waals surface area contributed by atoms with E-state index in [1.165, 1.54) is 4.57 Å². The van der Waals surface area contributed by atoms with Gasteiger partial charge in [-0.3, -0.25) is 14.2 Å². The summed E-state index contributed by atoms with van der Waals surface area (Å²) < 4.78 is 13.1. The summed E-state index contributed by atoms with van der Waals surface area (Å²) in [5.41, 5.74) is 2.55. The molecule has 1 N–H and O–H groups in total. The molecule has 0 saturated heterocycles. The smallest absolute Gasteiger partial charge is 0.303 e. The van der Waals surface area contributed by atoms with Crippen LogP contribution < -0.4 is 5.56 Å². The highest BCUT2D eigenvalue weighted by Crippen LogP contribution is 2.15. The molecule has 1 aromatic heterocycles. The van der Waals surface area contributed by atoms with Crippen LogP contribution in [0, 0.1) is 0 Å². The van der Waals surface area contributed by atoms with Crippen LogP contribution in [0.2, 0.25) is 25.7 Å². The van der Waals surface area contributed by atoms with Gasteiger partial charge in [-0.25, -0.2) is 4.98 Å².